The fourth-order valence-corrected chi connectivity index (χ4v) is 10.3. The van der Waals surface area contributed by atoms with Crippen molar-refractivity contribution in [1.29, 1.82) is 0 Å². The molecule has 0 N–H and O–H groups in total. The van der Waals surface area contributed by atoms with Crippen LogP contribution in [0, 0.1) is 0 Å². The van der Waals surface area contributed by atoms with Crippen molar-refractivity contribution in [2.24, 2.45) is 0 Å². The third kappa shape index (κ3) is 6.02. The van der Waals surface area contributed by atoms with Crippen LogP contribution in [0.25, 0.3) is 82.8 Å². The summed E-state index contributed by atoms with van der Waals surface area (Å²) in [5, 5.41) is 4.96. The first-order valence-electron chi connectivity index (χ1n) is 21.9. The zero-order valence-corrected chi connectivity index (χ0v) is 35.3. The van der Waals surface area contributed by atoms with Gasteiger partial charge in [0.1, 0.15) is 0 Å². The van der Waals surface area contributed by atoms with Gasteiger partial charge in [0.25, 0.3) is 0 Å². The largest absolute Gasteiger partial charge is 0.310 e. The Morgan fingerprint density at radius 2 is 0.905 bits per heavy atom. The molecule has 12 rings (SSSR count). The lowest BCUT2D eigenvalue weighted by molar-refractivity contribution is 0.660. The molecule has 0 spiro atoms. The maximum absolute atomic E-state index is 2.46. The second-order valence-electron chi connectivity index (χ2n) is 17.3. The van der Waals surface area contributed by atoms with Crippen molar-refractivity contribution < 1.29 is 0 Å². The molecule has 1 aliphatic carbocycles. The van der Waals surface area contributed by atoms with Crippen LogP contribution in [0.1, 0.15) is 25.0 Å². The van der Waals surface area contributed by atoms with E-state index in [0.717, 1.165) is 17.1 Å². The molecular weight excluding hydrogens is 761 g/mol. The predicted molar refractivity (Wildman–Crippen MR) is 267 cm³/mol. The first-order valence-corrected chi connectivity index (χ1v) is 21.9. The third-order valence-electron chi connectivity index (χ3n) is 13.4. The number of hydrogen-bond donors (Lipinski definition) is 0. The summed E-state index contributed by atoms with van der Waals surface area (Å²) < 4.78 is 2.37. The van der Waals surface area contributed by atoms with E-state index < -0.39 is 0 Å². The summed E-state index contributed by atoms with van der Waals surface area (Å²) in [5.41, 5.74) is 19.5. The lowest BCUT2D eigenvalue weighted by Crippen LogP contribution is -2.16. The molecule has 0 aliphatic heterocycles. The highest BCUT2D eigenvalue weighted by atomic mass is 15.1. The first-order chi connectivity index (χ1) is 31.0. The molecule has 2 nitrogen and oxygen atoms in total. The van der Waals surface area contributed by atoms with Crippen LogP contribution in [0.3, 0.4) is 0 Å². The lowest BCUT2D eigenvalue weighted by Gasteiger charge is -2.29. The number of benzene rings is 10. The van der Waals surface area contributed by atoms with Gasteiger partial charge < -0.3 is 9.47 Å². The van der Waals surface area contributed by atoms with Gasteiger partial charge in [-0.15, -0.1) is 0 Å². The summed E-state index contributed by atoms with van der Waals surface area (Å²) >= 11 is 0. The van der Waals surface area contributed by atoms with Gasteiger partial charge in [-0.1, -0.05) is 178 Å². The van der Waals surface area contributed by atoms with Gasteiger partial charge in [-0.25, -0.2) is 0 Å². The second-order valence-corrected chi connectivity index (χ2v) is 17.3. The highest BCUT2D eigenvalue weighted by Gasteiger charge is 2.36. The van der Waals surface area contributed by atoms with E-state index in [1.54, 1.807) is 0 Å². The number of fused-ring (bicyclic) bond motifs is 7. The molecule has 2 heteroatoms. The van der Waals surface area contributed by atoms with Crippen molar-refractivity contribution in [3.8, 4) is 50.2 Å². The number of nitrogens with zero attached hydrogens (tertiary/aromatic N) is 2. The summed E-state index contributed by atoms with van der Waals surface area (Å²) in [7, 11) is 0. The molecule has 10 aromatic carbocycles. The highest BCUT2D eigenvalue weighted by molar-refractivity contribution is 6.11. The average Bonchev–Trinajstić information content (AvgIpc) is 3.80. The Kier molecular flexibility index (Phi) is 8.55. The molecule has 0 amide bonds. The molecule has 0 atom stereocenters. The minimum Gasteiger partial charge on any atom is -0.310 e. The Morgan fingerprint density at radius 1 is 0.333 bits per heavy atom. The highest BCUT2D eigenvalue weighted by Crippen LogP contribution is 2.51. The minimum atomic E-state index is -0.120. The summed E-state index contributed by atoms with van der Waals surface area (Å²) in [6.45, 7) is 4.72. The van der Waals surface area contributed by atoms with Crippen molar-refractivity contribution in [1.82, 2.24) is 4.57 Å². The molecule has 1 aromatic heterocycles. The molecule has 0 unspecified atom stereocenters. The summed E-state index contributed by atoms with van der Waals surface area (Å²) in [4.78, 5) is 2.46. The molecule has 0 saturated carbocycles. The fourth-order valence-electron chi connectivity index (χ4n) is 10.3. The maximum atomic E-state index is 2.46. The van der Waals surface area contributed by atoms with Gasteiger partial charge in [-0.2, -0.15) is 0 Å². The monoisotopic (exact) mass is 804 g/mol. The van der Waals surface area contributed by atoms with Gasteiger partial charge in [0.15, 0.2) is 0 Å². The number of aromatic nitrogens is 1. The van der Waals surface area contributed by atoms with Crippen LogP contribution in [-0.4, -0.2) is 4.57 Å². The Labute approximate surface area is 368 Å². The number of hydrogen-bond acceptors (Lipinski definition) is 1. The zero-order chi connectivity index (χ0) is 42.1. The molecule has 11 aromatic rings. The van der Waals surface area contributed by atoms with Crippen LogP contribution in [-0.2, 0) is 5.41 Å². The van der Waals surface area contributed by atoms with Gasteiger partial charge in [0.2, 0.25) is 0 Å². The number of rotatable bonds is 7. The van der Waals surface area contributed by atoms with Crippen molar-refractivity contribution >= 4 is 49.6 Å². The van der Waals surface area contributed by atoms with Crippen LogP contribution in [0.5, 0.6) is 0 Å². The van der Waals surface area contributed by atoms with Crippen LogP contribution in [0.4, 0.5) is 17.1 Å². The van der Waals surface area contributed by atoms with E-state index in [-0.39, 0.29) is 5.41 Å². The average molecular weight is 805 g/mol. The Bertz CT molecular complexity index is 3520. The maximum Gasteiger partial charge on any atom is 0.0541 e. The molecular formula is C61H44N2. The smallest absolute Gasteiger partial charge is 0.0541 e. The fraction of sp³-hybridized carbons (Fsp3) is 0.0492. The molecule has 298 valence electrons. The van der Waals surface area contributed by atoms with Crippen LogP contribution in [0.15, 0.2) is 231 Å². The molecule has 0 radical (unpaired) electrons. The van der Waals surface area contributed by atoms with Gasteiger partial charge in [0, 0.05) is 38.6 Å². The SMILES string of the molecule is CC1(C)c2ccccc2-c2ccc(N(c3ccc(-c4cccc(-c5ccc6c(c5)c5ccccc5n6-c5ccccc5)c4)cc3)c3ccc(-c4ccccc4)c4ccccc34)cc21. The van der Waals surface area contributed by atoms with Crippen molar-refractivity contribution in [2.45, 2.75) is 19.3 Å². The third-order valence-corrected chi connectivity index (χ3v) is 13.4. The molecule has 0 bridgehead atoms. The van der Waals surface area contributed by atoms with Crippen LogP contribution >= 0.6 is 0 Å². The van der Waals surface area contributed by atoms with Crippen LogP contribution in [0.2, 0.25) is 0 Å². The summed E-state index contributed by atoms with van der Waals surface area (Å²) in [6.07, 6.45) is 0. The first kappa shape index (κ1) is 36.9. The normalized spacial score (nSPS) is 12.7. The van der Waals surface area contributed by atoms with E-state index in [4.69, 9.17) is 0 Å². The quantitative estimate of drug-likeness (QED) is 0.156. The summed E-state index contributed by atoms with van der Waals surface area (Å²) in [5.74, 6) is 0. The van der Waals surface area contributed by atoms with Crippen molar-refractivity contribution in [3.63, 3.8) is 0 Å². The molecule has 63 heavy (non-hydrogen) atoms. The van der Waals surface area contributed by atoms with E-state index in [2.05, 4.69) is 254 Å². The Morgan fingerprint density at radius 3 is 1.71 bits per heavy atom. The second kappa shape index (κ2) is 14.6. The van der Waals surface area contributed by atoms with E-state index in [1.807, 2.05) is 0 Å². The Hall–Kier alpha value is -7.94. The molecule has 1 aliphatic rings. The van der Waals surface area contributed by atoms with Crippen molar-refractivity contribution in [3.05, 3.63) is 242 Å². The van der Waals surface area contributed by atoms with Gasteiger partial charge in [-0.3, -0.25) is 0 Å². The van der Waals surface area contributed by atoms with E-state index in [0.29, 0.717) is 0 Å². The minimum absolute atomic E-state index is 0.120. The van der Waals surface area contributed by atoms with Crippen molar-refractivity contribution in [2.75, 3.05) is 4.90 Å². The number of para-hydroxylation sites is 2. The van der Waals surface area contributed by atoms with E-state index in [9.17, 15) is 0 Å². The summed E-state index contributed by atoms with van der Waals surface area (Å²) in [6, 6.07) is 84.6. The number of anilines is 3. The Balaban J connectivity index is 0.959. The van der Waals surface area contributed by atoms with Gasteiger partial charge in [0.05, 0.1) is 16.7 Å². The molecule has 1 heterocycles. The lowest BCUT2D eigenvalue weighted by atomic mass is 9.82. The topological polar surface area (TPSA) is 8.17 Å². The van der Waals surface area contributed by atoms with E-state index in [1.165, 1.54) is 93.9 Å². The standard InChI is InChI=1S/C61H44N2/c1-61(2)56-26-13-11-23-51(56)52-34-33-48(40-57(52)61)62(59-37-35-49(42-16-5-3-6-17-42)50-22-9-10-24-53(50)59)47-31-28-41(29-32-47)43-18-15-19-44(38-43)45-30-36-60-55(39-45)54-25-12-14-27-58(54)63(60)46-20-7-4-8-21-46/h3-40H,1-2H3. The van der Waals surface area contributed by atoms with E-state index >= 15 is 0 Å². The predicted octanol–water partition coefficient (Wildman–Crippen LogP) is 16.7. The zero-order valence-electron chi connectivity index (χ0n) is 35.3. The van der Waals surface area contributed by atoms with Gasteiger partial charge >= 0.3 is 0 Å². The molecule has 0 fully saturated rings. The van der Waals surface area contributed by atoms with Gasteiger partial charge in [-0.05, 0) is 128 Å². The molecule has 0 saturated heterocycles. The van der Waals surface area contributed by atoms with Crippen LogP contribution < -0.4 is 4.90 Å².